The zero-order valence-corrected chi connectivity index (χ0v) is 8.34. The summed E-state index contributed by atoms with van der Waals surface area (Å²) in [6.07, 6.45) is -0.857. The highest BCUT2D eigenvalue weighted by Gasteiger charge is 2.51. The molecule has 2 rings (SSSR count). The maximum atomic E-state index is 11.3. The molecule has 0 spiro atoms. The monoisotopic (exact) mass is 201 g/mol. The largest absolute Gasteiger partial charge is 0.388 e. The van der Waals surface area contributed by atoms with Crippen molar-refractivity contribution in [3.63, 3.8) is 0 Å². The van der Waals surface area contributed by atoms with E-state index >= 15 is 0 Å². The smallest absolute Gasteiger partial charge is 0.219 e. The lowest BCUT2D eigenvalue weighted by atomic mass is 10.1. The first-order valence-corrected chi connectivity index (χ1v) is 4.75. The highest BCUT2D eigenvalue weighted by molar-refractivity contribution is 5.74. The predicted octanol–water partition coefficient (Wildman–Crippen LogP) is -1.01. The molecule has 0 radical (unpaired) electrons. The molecule has 0 saturated carbocycles. The number of carbonyl (C=O) groups is 1. The summed E-state index contributed by atoms with van der Waals surface area (Å²) in [6, 6.07) is -0.225. The zero-order valence-electron chi connectivity index (χ0n) is 8.34. The molecule has 0 aromatic rings. The van der Waals surface area contributed by atoms with E-state index in [2.05, 4.69) is 0 Å². The molecule has 5 heteroatoms. The van der Waals surface area contributed by atoms with E-state index in [1.807, 2.05) is 0 Å². The Kier molecular flexibility index (Phi) is 2.47. The highest BCUT2D eigenvalue weighted by atomic mass is 16.6. The van der Waals surface area contributed by atoms with Crippen molar-refractivity contribution < 1.29 is 19.4 Å². The van der Waals surface area contributed by atoms with Crippen LogP contribution in [-0.4, -0.2) is 60.5 Å². The number of aliphatic hydroxyl groups is 1. The molecular formula is C9H15NO4. The maximum absolute atomic E-state index is 11.3. The summed E-state index contributed by atoms with van der Waals surface area (Å²) in [4.78, 5) is 12.9. The van der Waals surface area contributed by atoms with Crippen molar-refractivity contribution in [3.8, 4) is 0 Å². The van der Waals surface area contributed by atoms with E-state index in [1.54, 1.807) is 12.0 Å². The summed E-state index contributed by atoms with van der Waals surface area (Å²) in [5, 5.41) is 9.66. The number of hydrogen-bond donors (Lipinski definition) is 1. The summed E-state index contributed by atoms with van der Waals surface area (Å²) in [5.41, 5.74) is 0. The van der Waals surface area contributed by atoms with Crippen molar-refractivity contribution in [3.05, 3.63) is 0 Å². The third-order valence-corrected chi connectivity index (χ3v) is 3.00. The van der Waals surface area contributed by atoms with Gasteiger partial charge in [0.05, 0.1) is 12.6 Å². The Hall–Kier alpha value is -0.650. The fourth-order valence-electron chi connectivity index (χ4n) is 2.30. The quantitative estimate of drug-likeness (QED) is 0.590. The average molecular weight is 201 g/mol. The molecule has 1 amide bonds. The van der Waals surface area contributed by atoms with E-state index in [0.717, 1.165) is 0 Å². The predicted molar refractivity (Wildman–Crippen MR) is 47.7 cm³/mol. The number of nitrogens with zero attached hydrogens (tertiary/aromatic N) is 1. The first-order chi connectivity index (χ1) is 6.65. The molecule has 1 N–H and O–H groups in total. The van der Waals surface area contributed by atoms with E-state index in [1.165, 1.54) is 6.92 Å². The summed E-state index contributed by atoms with van der Waals surface area (Å²) < 4.78 is 10.6. The second-order valence-electron chi connectivity index (χ2n) is 3.80. The number of carbonyl (C=O) groups excluding carboxylic acids is 1. The Morgan fingerprint density at radius 3 is 2.93 bits per heavy atom. The molecule has 2 saturated heterocycles. The van der Waals surface area contributed by atoms with Crippen LogP contribution in [0, 0.1) is 0 Å². The average Bonchev–Trinajstić information content (AvgIpc) is 2.66. The number of rotatable bonds is 1. The van der Waals surface area contributed by atoms with E-state index in [9.17, 15) is 9.90 Å². The second-order valence-corrected chi connectivity index (χ2v) is 3.80. The van der Waals surface area contributed by atoms with Crippen LogP contribution in [0.3, 0.4) is 0 Å². The van der Waals surface area contributed by atoms with E-state index in [-0.39, 0.29) is 24.2 Å². The molecule has 2 heterocycles. The lowest BCUT2D eigenvalue weighted by molar-refractivity contribution is -0.131. The van der Waals surface area contributed by atoms with Crippen molar-refractivity contribution in [2.45, 2.75) is 31.3 Å². The minimum absolute atomic E-state index is 0.0379. The molecule has 14 heavy (non-hydrogen) atoms. The van der Waals surface area contributed by atoms with Crippen LogP contribution >= 0.6 is 0 Å². The van der Waals surface area contributed by atoms with Gasteiger partial charge >= 0.3 is 0 Å². The summed E-state index contributed by atoms with van der Waals surface area (Å²) >= 11 is 0. The van der Waals surface area contributed by atoms with Gasteiger partial charge in [0.15, 0.2) is 0 Å². The highest BCUT2D eigenvalue weighted by Crippen LogP contribution is 2.31. The Morgan fingerprint density at radius 2 is 2.36 bits per heavy atom. The second kappa shape index (κ2) is 3.49. The first-order valence-electron chi connectivity index (χ1n) is 4.75. The Labute approximate surface area is 82.6 Å². The molecule has 5 nitrogen and oxygen atoms in total. The van der Waals surface area contributed by atoms with Crippen molar-refractivity contribution >= 4 is 5.91 Å². The lowest BCUT2D eigenvalue weighted by Gasteiger charge is -2.23. The molecule has 0 aromatic carbocycles. The van der Waals surface area contributed by atoms with Crippen molar-refractivity contribution in [1.29, 1.82) is 0 Å². The Morgan fingerprint density at radius 1 is 1.64 bits per heavy atom. The molecular weight excluding hydrogens is 186 g/mol. The molecule has 0 aliphatic carbocycles. The van der Waals surface area contributed by atoms with Crippen LogP contribution in [0.5, 0.6) is 0 Å². The van der Waals surface area contributed by atoms with Crippen LogP contribution in [-0.2, 0) is 14.3 Å². The fourth-order valence-corrected chi connectivity index (χ4v) is 2.30. The third kappa shape index (κ3) is 1.32. The third-order valence-electron chi connectivity index (χ3n) is 3.00. The van der Waals surface area contributed by atoms with Crippen molar-refractivity contribution in [1.82, 2.24) is 4.90 Å². The van der Waals surface area contributed by atoms with E-state index in [0.29, 0.717) is 13.2 Å². The molecule has 0 aromatic heterocycles. The number of ether oxygens (including phenoxy) is 2. The van der Waals surface area contributed by atoms with Gasteiger partial charge in [-0.15, -0.1) is 0 Å². The van der Waals surface area contributed by atoms with Gasteiger partial charge in [0.1, 0.15) is 18.3 Å². The van der Waals surface area contributed by atoms with Crippen LogP contribution in [0.4, 0.5) is 0 Å². The van der Waals surface area contributed by atoms with Crippen LogP contribution in [0.2, 0.25) is 0 Å². The Bertz CT molecular complexity index is 245. The van der Waals surface area contributed by atoms with Crippen molar-refractivity contribution in [2.75, 3.05) is 20.3 Å². The SMILES string of the molecule is CO[C@H]1CN(C(C)=O)C2C(O)CO[C@@H]21. The molecule has 2 unspecified atom stereocenters. The normalized spacial score (nSPS) is 41.5. The number of aliphatic hydroxyl groups excluding tert-OH is 1. The zero-order chi connectivity index (χ0) is 10.3. The number of amides is 1. The van der Waals surface area contributed by atoms with Gasteiger partial charge in [0, 0.05) is 20.6 Å². The fraction of sp³-hybridized carbons (Fsp3) is 0.889. The van der Waals surface area contributed by atoms with Gasteiger partial charge in [-0.3, -0.25) is 4.79 Å². The number of likely N-dealkylation sites (tertiary alicyclic amines) is 1. The topological polar surface area (TPSA) is 59.0 Å². The van der Waals surface area contributed by atoms with Gasteiger partial charge in [-0.1, -0.05) is 0 Å². The molecule has 2 aliphatic rings. The summed E-state index contributed by atoms with van der Waals surface area (Å²) in [6.45, 7) is 2.30. The van der Waals surface area contributed by atoms with Gasteiger partial charge in [-0.05, 0) is 0 Å². The van der Waals surface area contributed by atoms with Crippen LogP contribution in [0.1, 0.15) is 6.92 Å². The number of methoxy groups -OCH3 is 1. The Balaban J connectivity index is 2.18. The van der Waals surface area contributed by atoms with Gasteiger partial charge in [-0.2, -0.15) is 0 Å². The number of hydrogen-bond acceptors (Lipinski definition) is 4. The standard InChI is InChI=1S/C9H15NO4/c1-5(11)10-3-7(13-2)9-8(10)6(12)4-14-9/h6-9,12H,3-4H2,1-2H3/t6?,7-,8?,9+/m0/s1. The van der Waals surface area contributed by atoms with Crippen LogP contribution < -0.4 is 0 Å². The van der Waals surface area contributed by atoms with Gasteiger partial charge in [0.25, 0.3) is 0 Å². The van der Waals surface area contributed by atoms with E-state index in [4.69, 9.17) is 9.47 Å². The lowest BCUT2D eigenvalue weighted by Crippen LogP contribution is -2.43. The minimum atomic E-state index is -0.580. The molecule has 2 aliphatic heterocycles. The van der Waals surface area contributed by atoms with Crippen LogP contribution in [0.25, 0.3) is 0 Å². The molecule has 2 fully saturated rings. The summed E-state index contributed by atoms with van der Waals surface area (Å²) in [7, 11) is 1.60. The van der Waals surface area contributed by atoms with Crippen molar-refractivity contribution in [2.24, 2.45) is 0 Å². The maximum Gasteiger partial charge on any atom is 0.219 e. The molecule has 80 valence electrons. The summed E-state index contributed by atoms with van der Waals surface area (Å²) in [5.74, 6) is -0.0379. The van der Waals surface area contributed by atoms with Gasteiger partial charge in [-0.25, -0.2) is 0 Å². The molecule has 4 atom stereocenters. The minimum Gasteiger partial charge on any atom is -0.388 e. The van der Waals surface area contributed by atoms with Crippen LogP contribution in [0.15, 0.2) is 0 Å². The first kappa shape index (κ1) is 9.89. The van der Waals surface area contributed by atoms with E-state index < -0.39 is 6.10 Å². The van der Waals surface area contributed by atoms with Gasteiger partial charge < -0.3 is 19.5 Å². The van der Waals surface area contributed by atoms with Gasteiger partial charge in [0.2, 0.25) is 5.91 Å². The number of fused-ring (bicyclic) bond motifs is 1. The molecule has 0 bridgehead atoms.